The van der Waals surface area contributed by atoms with Crippen molar-refractivity contribution < 1.29 is 9.53 Å². The van der Waals surface area contributed by atoms with E-state index in [1.165, 1.54) is 7.11 Å². The van der Waals surface area contributed by atoms with Gasteiger partial charge in [0, 0.05) is 6.21 Å². The van der Waals surface area contributed by atoms with Gasteiger partial charge in [-0.05, 0) is 17.2 Å². The molecule has 0 N–H and O–H groups in total. The number of aliphatic imine (C=N–C) groups is 1. The van der Waals surface area contributed by atoms with Crippen LogP contribution in [0.1, 0.15) is 17.2 Å². The highest BCUT2D eigenvalue weighted by Gasteiger charge is 2.18. The number of methoxy groups -OCH3 is 1. The van der Waals surface area contributed by atoms with Gasteiger partial charge in [-0.3, -0.25) is 4.99 Å². The third-order valence-electron chi connectivity index (χ3n) is 2.95. The molecule has 0 heterocycles. The molecule has 2 aromatic carbocycles. The third kappa shape index (κ3) is 4.42. The van der Waals surface area contributed by atoms with Gasteiger partial charge in [0.1, 0.15) is 0 Å². The molecule has 0 amide bonds. The van der Waals surface area contributed by atoms with E-state index < -0.39 is 6.04 Å². The minimum atomic E-state index is -0.628. The maximum atomic E-state index is 11.8. The van der Waals surface area contributed by atoms with Gasteiger partial charge in [-0.25, -0.2) is 4.79 Å². The van der Waals surface area contributed by atoms with E-state index in [-0.39, 0.29) is 5.97 Å². The summed E-state index contributed by atoms with van der Waals surface area (Å²) < 4.78 is 4.81. The smallest absolute Gasteiger partial charge is 0.335 e. The molecule has 106 valence electrons. The van der Waals surface area contributed by atoms with Crippen LogP contribution >= 0.6 is 0 Å². The lowest BCUT2D eigenvalue weighted by atomic mass is 10.1. The van der Waals surface area contributed by atoms with E-state index in [0.717, 1.165) is 11.1 Å². The molecular weight excluding hydrogens is 262 g/mol. The molecule has 1 atom stereocenters. The van der Waals surface area contributed by atoms with Crippen molar-refractivity contribution in [1.29, 1.82) is 0 Å². The Hall–Kier alpha value is -2.68. The Morgan fingerprint density at radius 3 is 2.29 bits per heavy atom. The number of benzene rings is 2. The molecule has 2 rings (SSSR count). The minimum Gasteiger partial charge on any atom is -0.467 e. The van der Waals surface area contributed by atoms with Crippen molar-refractivity contribution in [2.45, 2.75) is 6.04 Å². The summed E-state index contributed by atoms with van der Waals surface area (Å²) in [6.07, 6.45) is 5.37. The monoisotopic (exact) mass is 279 g/mol. The van der Waals surface area contributed by atoms with Gasteiger partial charge in [-0.2, -0.15) is 0 Å². The lowest BCUT2D eigenvalue weighted by Gasteiger charge is -2.09. The first-order valence-corrected chi connectivity index (χ1v) is 6.69. The number of allylic oxidation sites excluding steroid dienone is 1. The summed E-state index contributed by atoms with van der Waals surface area (Å²) in [5.74, 6) is -0.370. The highest BCUT2D eigenvalue weighted by atomic mass is 16.5. The number of ether oxygens (including phenoxy) is 1. The SMILES string of the molecule is COC(=O)[C@H](N=CC=Cc1ccccc1)c1ccccc1. The van der Waals surface area contributed by atoms with Crippen LogP contribution < -0.4 is 0 Å². The number of carbonyl (C=O) groups is 1. The van der Waals surface area contributed by atoms with E-state index in [9.17, 15) is 4.79 Å². The molecule has 0 fully saturated rings. The Morgan fingerprint density at radius 1 is 1.05 bits per heavy atom. The Labute approximate surface area is 124 Å². The van der Waals surface area contributed by atoms with E-state index >= 15 is 0 Å². The van der Waals surface area contributed by atoms with Crippen LogP contribution in [-0.2, 0) is 9.53 Å². The van der Waals surface area contributed by atoms with Gasteiger partial charge in [-0.15, -0.1) is 0 Å². The molecule has 0 aromatic heterocycles. The molecule has 3 nitrogen and oxygen atoms in total. The third-order valence-corrected chi connectivity index (χ3v) is 2.95. The molecule has 0 aliphatic carbocycles. The molecule has 0 spiro atoms. The standard InChI is InChI=1S/C18H17NO2/c1-21-18(20)17(16-12-6-3-7-13-16)19-14-8-11-15-9-4-2-5-10-15/h2-14,17H,1H3/t17-/m1/s1. The van der Waals surface area contributed by atoms with Crippen molar-refractivity contribution in [3.63, 3.8) is 0 Å². The predicted octanol–water partition coefficient (Wildman–Crippen LogP) is 3.68. The molecule has 0 unspecified atom stereocenters. The zero-order valence-corrected chi connectivity index (χ0v) is 11.8. The van der Waals surface area contributed by atoms with Crippen molar-refractivity contribution in [2.75, 3.05) is 7.11 Å². The Kier molecular flexibility index (Phi) is 5.47. The molecule has 0 radical (unpaired) electrons. The lowest BCUT2D eigenvalue weighted by molar-refractivity contribution is -0.142. The normalized spacial score (nSPS) is 12.6. The van der Waals surface area contributed by atoms with E-state index in [4.69, 9.17) is 4.74 Å². The van der Waals surface area contributed by atoms with Gasteiger partial charge >= 0.3 is 5.97 Å². The van der Waals surface area contributed by atoms with Gasteiger partial charge < -0.3 is 4.74 Å². The Morgan fingerprint density at radius 2 is 1.67 bits per heavy atom. The second-order valence-corrected chi connectivity index (χ2v) is 4.40. The topological polar surface area (TPSA) is 38.7 Å². The summed E-state index contributed by atoms with van der Waals surface area (Å²) in [5, 5.41) is 0. The molecule has 21 heavy (non-hydrogen) atoms. The maximum Gasteiger partial charge on any atom is 0.335 e. The zero-order chi connectivity index (χ0) is 14.9. The number of hydrogen-bond acceptors (Lipinski definition) is 3. The second-order valence-electron chi connectivity index (χ2n) is 4.40. The van der Waals surface area contributed by atoms with E-state index in [2.05, 4.69) is 4.99 Å². The highest BCUT2D eigenvalue weighted by molar-refractivity contribution is 5.83. The summed E-state index contributed by atoms with van der Waals surface area (Å²) in [4.78, 5) is 16.1. The first-order valence-electron chi connectivity index (χ1n) is 6.69. The van der Waals surface area contributed by atoms with Crippen LogP contribution in [0.15, 0.2) is 71.7 Å². The predicted molar refractivity (Wildman–Crippen MR) is 85.2 cm³/mol. The van der Waals surface area contributed by atoms with Crippen molar-refractivity contribution >= 4 is 18.3 Å². The van der Waals surface area contributed by atoms with Gasteiger partial charge in [0.25, 0.3) is 0 Å². The fourth-order valence-electron chi connectivity index (χ4n) is 1.88. The van der Waals surface area contributed by atoms with Crippen molar-refractivity contribution in [3.8, 4) is 0 Å². The second kappa shape index (κ2) is 7.80. The van der Waals surface area contributed by atoms with E-state index in [1.807, 2.05) is 72.8 Å². The van der Waals surface area contributed by atoms with Gasteiger partial charge in [0.15, 0.2) is 6.04 Å². The van der Waals surface area contributed by atoms with Crippen LogP contribution in [-0.4, -0.2) is 19.3 Å². The van der Waals surface area contributed by atoms with E-state index in [1.54, 1.807) is 6.21 Å². The molecule has 0 saturated carbocycles. The molecule has 0 aliphatic heterocycles. The van der Waals surface area contributed by atoms with Crippen LogP contribution in [0.4, 0.5) is 0 Å². The fourth-order valence-corrected chi connectivity index (χ4v) is 1.88. The quantitative estimate of drug-likeness (QED) is 0.618. The summed E-state index contributed by atoms with van der Waals surface area (Å²) in [5.41, 5.74) is 1.90. The zero-order valence-electron chi connectivity index (χ0n) is 11.8. The average Bonchev–Trinajstić information content (AvgIpc) is 2.56. The fraction of sp³-hybridized carbons (Fsp3) is 0.111. The van der Waals surface area contributed by atoms with Crippen LogP contribution in [0.3, 0.4) is 0 Å². The first-order chi connectivity index (χ1) is 10.3. The first kappa shape index (κ1) is 14.7. The number of nitrogens with zero attached hydrogens (tertiary/aromatic N) is 1. The number of carbonyl (C=O) groups excluding carboxylic acids is 1. The van der Waals surface area contributed by atoms with Crippen LogP contribution in [0.2, 0.25) is 0 Å². The lowest BCUT2D eigenvalue weighted by Crippen LogP contribution is -2.12. The molecule has 0 aliphatic rings. The Balaban J connectivity index is 2.11. The van der Waals surface area contributed by atoms with Crippen LogP contribution in [0, 0.1) is 0 Å². The van der Waals surface area contributed by atoms with Crippen molar-refractivity contribution in [3.05, 3.63) is 77.9 Å². The van der Waals surface area contributed by atoms with Gasteiger partial charge in [-0.1, -0.05) is 66.7 Å². The highest BCUT2D eigenvalue weighted by Crippen LogP contribution is 2.18. The van der Waals surface area contributed by atoms with Crippen LogP contribution in [0.25, 0.3) is 6.08 Å². The minimum absolute atomic E-state index is 0.370. The van der Waals surface area contributed by atoms with Gasteiger partial charge in [0.05, 0.1) is 7.11 Å². The summed E-state index contributed by atoms with van der Waals surface area (Å²) in [6.45, 7) is 0. The summed E-state index contributed by atoms with van der Waals surface area (Å²) in [6, 6.07) is 18.7. The molecule has 0 bridgehead atoms. The summed E-state index contributed by atoms with van der Waals surface area (Å²) >= 11 is 0. The molecular formula is C18H17NO2. The number of esters is 1. The summed E-state index contributed by atoms with van der Waals surface area (Å²) in [7, 11) is 1.37. The molecule has 2 aromatic rings. The molecule has 3 heteroatoms. The van der Waals surface area contributed by atoms with Crippen molar-refractivity contribution in [2.24, 2.45) is 4.99 Å². The molecule has 0 saturated heterocycles. The van der Waals surface area contributed by atoms with Crippen LogP contribution in [0.5, 0.6) is 0 Å². The van der Waals surface area contributed by atoms with E-state index in [0.29, 0.717) is 0 Å². The van der Waals surface area contributed by atoms with Gasteiger partial charge in [0.2, 0.25) is 0 Å². The number of hydrogen-bond donors (Lipinski definition) is 0. The number of rotatable bonds is 5. The van der Waals surface area contributed by atoms with Crippen molar-refractivity contribution in [1.82, 2.24) is 0 Å². The largest absolute Gasteiger partial charge is 0.467 e. The average molecular weight is 279 g/mol. The Bertz CT molecular complexity index is 618. The maximum absolute atomic E-state index is 11.8.